The predicted octanol–water partition coefficient (Wildman–Crippen LogP) is -1.18. The summed E-state index contributed by atoms with van der Waals surface area (Å²) in [4.78, 5) is 36.5. The van der Waals surface area contributed by atoms with Crippen LogP contribution in [0.2, 0.25) is 0 Å². The highest BCUT2D eigenvalue weighted by Crippen LogP contribution is 2.20. The second-order valence-corrected chi connectivity index (χ2v) is 4.87. The van der Waals surface area contributed by atoms with Crippen LogP contribution in [0.15, 0.2) is 0 Å². The molecule has 0 aromatic heterocycles. The second-order valence-electron chi connectivity index (χ2n) is 4.87. The summed E-state index contributed by atoms with van der Waals surface area (Å²) in [5.41, 5.74) is 5.07. The maximum absolute atomic E-state index is 12.3. The molecule has 1 rings (SSSR count). The minimum atomic E-state index is -1.17. The minimum Gasteiger partial charge on any atom is -0.480 e. The van der Waals surface area contributed by atoms with Crippen molar-refractivity contribution in [2.45, 2.75) is 38.5 Å². The number of primary amides is 1. The zero-order chi connectivity index (χ0) is 14.7. The van der Waals surface area contributed by atoms with Gasteiger partial charge in [-0.15, -0.1) is 0 Å². The van der Waals surface area contributed by atoms with Crippen molar-refractivity contribution in [2.75, 3.05) is 13.1 Å². The van der Waals surface area contributed by atoms with E-state index in [0.717, 1.165) is 4.90 Å². The standard InChI is InChI=1S/C11H19N3O5/c1-6(2)13(5-9(12)16)11(19)14-4-7(15)3-8(14)10(17)18/h6-8,15H,3-5H2,1-2H3,(H2,12,16)(H,17,18)/t7-,8-/m1/s1. The zero-order valence-electron chi connectivity index (χ0n) is 10.9. The molecule has 1 aliphatic heterocycles. The molecule has 1 fully saturated rings. The lowest BCUT2D eigenvalue weighted by Crippen LogP contribution is -2.52. The molecule has 4 N–H and O–H groups in total. The van der Waals surface area contributed by atoms with E-state index in [1.807, 2.05) is 0 Å². The van der Waals surface area contributed by atoms with Crippen LogP contribution in [-0.4, -0.2) is 69.2 Å². The van der Waals surface area contributed by atoms with Crippen LogP contribution < -0.4 is 5.73 Å². The predicted molar refractivity (Wildman–Crippen MR) is 65.2 cm³/mol. The Hall–Kier alpha value is -1.83. The highest BCUT2D eigenvalue weighted by molar-refractivity contribution is 5.87. The molecule has 1 aliphatic rings. The van der Waals surface area contributed by atoms with Crippen LogP contribution in [0.1, 0.15) is 20.3 Å². The highest BCUT2D eigenvalue weighted by atomic mass is 16.4. The van der Waals surface area contributed by atoms with E-state index in [1.165, 1.54) is 4.90 Å². The number of amides is 3. The topological polar surface area (TPSA) is 124 Å². The molecule has 0 spiro atoms. The van der Waals surface area contributed by atoms with Gasteiger partial charge in [0.15, 0.2) is 0 Å². The molecule has 0 aromatic carbocycles. The lowest BCUT2D eigenvalue weighted by molar-refractivity contribution is -0.141. The Kier molecular flexibility index (Phi) is 4.71. The van der Waals surface area contributed by atoms with Gasteiger partial charge in [0.25, 0.3) is 0 Å². The summed E-state index contributed by atoms with van der Waals surface area (Å²) in [5, 5.41) is 18.5. The van der Waals surface area contributed by atoms with Crippen LogP contribution >= 0.6 is 0 Å². The molecule has 8 nitrogen and oxygen atoms in total. The summed E-state index contributed by atoms with van der Waals surface area (Å²) in [7, 11) is 0. The Morgan fingerprint density at radius 3 is 2.42 bits per heavy atom. The van der Waals surface area contributed by atoms with E-state index in [-0.39, 0.29) is 25.6 Å². The molecule has 3 amide bonds. The third-order valence-electron chi connectivity index (χ3n) is 3.00. The molecule has 1 saturated heterocycles. The summed E-state index contributed by atoms with van der Waals surface area (Å²) in [5.74, 6) is -1.85. The molecule has 2 atom stereocenters. The van der Waals surface area contributed by atoms with Gasteiger partial charge in [0.2, 0.25) is 5.91 Å². The normalized spacial score (nSPS) is 22.6. The Bertz CT molecular complexity index is 385. The third-order valence-corrected chi connectivity index (χ3v) is 3.00. The van der Waals surface area contributed by atoms with Gasteiger partial charge in [-0.3, -0.25) is 4.79 Å². The molecule has 8 heteroatoms. The summed E-state index contributed by atoms with van der Waals surface area (Å²) in [6.45, 7) is 3.06. The SMILES string of the molecule is CC(C)N(CC(N)=O)C(=O)N1C[C@H](O)C[C@@H]1C(=O)O. The Labute approximate surface area is 110 Å². The molecular weight excluding hydrogens is 254 g/mol. The van der Waals surface area contributed by atoms with Crippen LogP contribution in [-0.2, 0) is 9.59 Å². The molecule has 19 heavy (non-hydrogen) atoms. The van der Waals surface area contributed by atoms with E-state index in [2.05, 4.69) is 0 Å². The first-order chi connectivity index (χ1) is 8.73. The van der Waals surface area contributed by atoms with E-state index < -0.39 is 30.1 Å². The number of likely N-dealkylation sites (tertiary alicyclic amines) is 1. The van der Waals surface area contributed by atoms with Crippen molar-refractivity contribution in [1.82, 2.24) is 9.80 Å². The summed E-state index contributed by atoms with van der Waals surface area (Å²) >= 11 is 0. The maximum atomic E-state index is 12.3. The van der Waals surface area contributed by atoms with E-state index >= 15 is 0 Å². The van der Waals surface area contributed by atoms with Crippen LogP contribution in [0.25, 0.3) is 0 Å². The molecule has 0 unspecified atom stereocenters. The number of nitrogens with zero attached hydrogens (tertiary/aromatic N) is 2. The van der Waals surface area contributed by atoms with Crippen molar-refractivity contribution in [3.63, 3.8) is 0 Å². The van der Waals surface area contributed by atoms with Gasteiger partial charge in [0, 0.05) is 19.0 Å². The quantitative estimate of drug-likeness (QED) is 0.595. The first-order valence-corrected chi connectivity index (χ1v) is 6.00. The number of nitrogens with two attached hydrogens (primary N) is 1. The minimum absolute atomic E-state index is 0.0103. The number of carboxylic acids is 1. The first kappa shape index (κ1) is 15.2. The number of aliphatic hydroxyl groups is 1. The molecule has 0 aromatic rings. The molecule has 0 bridgehead atoms. The van der Waals surface area contributed by atoms with Crippen molar-refractivity contribution in [3.05, 3.63) is 0 Å². The fourth-order valence-electron chi connectivity index (χ4n) is 2.06. The monoisotopic (exact) mass is 273 g/mol. The van der Waals surface area contributed by atoms with E-state index in [4.69, 9.17) is 10.8 Å². The fourth-order valence-corrected chi connectivity index (χ4v) is 2.06. The molecule has 108 valence electrons. The van der Waals surface area contributed by atoms with Gasteiger partial charge in [0.05, 0.1) is 6.10 Å². The van der Waals surface area contributed by atoms with Gasteiger partial charge < -0.3 is 25.7 Å². The Morgan fingerprint density at radius 1 is 1.42 bits per heavy atom. The summed E-state index contributed by atoms with van der Waals surface area (Å²) < 4.78 is 0. The van der Waals surface area contributed by atoms with E-state index in [1.54, 1.807) is 13.8 Å². The Morgan fingerprint density at radius 2 is 2.00 bits per heavy atom. The molecule has 0 saturated carbocycles. The van der Waals surface area contributed by atoms with Crippen LogP contribution in [0, 0.1) is 0 Å². The molecule has 0 radical (unpaired) electrons. The van der Waals surface area contributed by atoms with Crippen molar-refractivity contribution in [3.8, 4) is 0 Å². The summed E-state index contributed by atoms with van der Waals surface area (Å²) in [6, 6.07) is -1.97. The van der Waals surface area contributed by atoms with Gasteiger partial charge in [-0.25, -0.2) is 9.59 Å². The number of rotatable bonds is 4. The van der Waals surface area contributed by atoms with Gasteiger partial charge in [-0.1, -0.05) is 0 Å². The summed E-state index contributed by atoms with van der Waals surface area (Å²) in [6.07, 6.45) is -0.878. The number of carbonyl (C=O) groups is 3. The third kappa shape index (κ3) is 3.57. The van der Waals surface area contributed by atoms with E-state index in [0.29, 0.717) is 0 Å². The highest BCUT2D eigenvalue weighted by Gasteiger charge is 2.41. The van der Waals surface area contributed by atoms with Gasteiger partial charge in [0.1, 0.15) is 12.6 Å². The number of aliphatic hydroxyl groups excluding tert-OH is 1. The molecule has 0 aliphatic carbocycles. The van der Waals surface area contributed by atoms with Gasteiger partial charge in [-0.05, 0) is 13.8 Å². The number of hydrogen-bond acceptors (Lipinski definition) is 4. The average Bonchev–Trinajstić information content (AvgIpc) is 2.67. The number of β-amino-alcohol motifs (C(OH)–C–C–N with tert-alkyl or cyclic N) is 1. The van der Waals surface area contributed by atoms with Crippen molar-refractivity contribution >= 4 is 17.9 Å². The lowest BCUT2D eigenvalue weighted by Gasteiger charge is -2.32. The number of carbonyl (C=O) groups excluding carboxylic acids is 2. The molecular formula is C11H19N3O5. The van der Waals surface area contributed by atoms with Crippen LogP contribution in [0.4, 0.5) is 4.79 Å². The number of carboxylic acid groups (broad SMARTS) is 1. The average molecular weight is 273 g/mol. The maximum Gasteiger partial charge on any atom is 0.326 e. The van der Waals surface area contributed by atoms with Crippen molar-refractivity contribution in [1.29, 1.82) is 0 Å². The van der Waals surface area contributed by atoms with Gasteiger partial charge >= 0.3 is 12.0 Å². The number of urea groups is 1. The fraction of sp³-hybridized carbons (Fsp3) is 0.727. The van der Waals surface area contributed by atoms with Gasteiger partial charge in [-0.2, -0.15) is 0 Å². The van der Waals surface area contributed by atoms with Crippen molar-refractivity contribution in [2.24, 2.45) is 5.73 Å². The molecule has 1 heterocycles. The second kappa shape index (κ2) is 5.87. The van der Waals surface area contributed by atoms with Crippen molar-refractivity contribution < 1.29 is 24.6 Å². The number of hydrogen-bond donors (Lipinski definition) is 3. The lowest BCUT2D eigenvalue weighted by atomic mass is 10.2. The van der Waals surface area contributed by atoms with Crippen LogP contribution in [0.3, 0.4) is 0 Å². The van der Waals surface area contributed by atoms with E-state index in [9.17, 15) is 19.5 Å². The van der Waals surface area contributed by atoms with Crippen LogP contribution in [0.5, 0.6) is 0 Å². The Balaban J connectivity index is 2.89. The number of aliphatic carboxylic acids is 1. The largest absolute Gasteiger partial charge is 0.480 e. The first-order valence-electron chi connectivity index (χ1n) is 6.00. The smallest absolute Gasteiger partial charge is 0.326 e. The zero-order valence-corrected chi connectivity index (χ0v) is 10.9.